The molecular weight excluding hydrogens is 198 g/mol. The molecule has 2 rings (SSSR count). The third-order valence-corrected chi connectivity index (χ3v) is 3.22. The van der Waals surface area contributed by atoms with E-state index in [-0.39, 0.29) is 0 Å². The highest BCUT2D eigenvalue weighted by molar-refractivity contribution is 5.76. The van der Waals surface area contributed by atoms with Crippen molar-refractivity contribution in [3.8, 4) is 0 Å². The second-order valence-electron chi connectivity index (χ2n) is 4.75. The molecule has 0 radical (unpaired) electrons. The first-order valence-corrected chi connectivity index (χ1v) is 6.07. The van der Waals surface area contributed by atoms with Crippen LogP contribution in [0, 0.1) is 5.92 Å². The van der Waals surface area contributed by atoms with Gasteiger partial charge in [-0.05, 0) is 24.3 Å². The molecule has 16 heavy (non-hydrogen) atoms. The Morgan fingerprint density at radius 1 is 1.31 bits per heavy atom. The van der Waals surface area contributed by atoms with Crippen LogP contribution in [0.1, 0.15) is 31.7 Å². The first-order valence-electron chi connectivity index (χ1n) is 6.07. The summed E-state index contributed by atoms with van der Waals surface area (Å²) in [5, 5.41) is 0. The maximum atomic E-state index is 12.0. The average Bonchev–Trinajstić information content (AvgIpc) is 2.43. The zero-order chi connectivity index (χ0) is 11.4. The molecule has 0 aromatic heterocycles. The molecule has 1 unspecified atom stereocenters. The molecule has 1 amide bonds. The van der Waals surface area contributed by atoms with Crippen LogP contribution in [0.3, 0.4) is 0 Å². The highest BCUT2D eigenvalue weighted by Crippen LogP contribution is 2.19. The maximum Gasteiger partial charge on any atom is 0.223 e. The SMILES string of the molecule is CC1CCCN(Cc2ccccc2)C(=O)C1. The Hall–Kier alpha value is -1.31. The first kappa shape index (κ1) is 11.2. The minimum Gasteiger partial charge on any atom is -0.338 e. The van der Waals surface area contributed by atoms with E-state index in [9.17, 15) is 4.79 Å². The Bertz CT molecular complexity index is 347. The lowest BCUT2D eigenvalue weighted by Crippen LogP contribution is -2.30. The molecule has 0 aliphatic carbocycles. The van der Waals surface area contributed by atoms with Gasteiger partial charge in [0.15, 0.2) is 0 Å². The highest BCUT2D eigenvalue weighted by atomic mass is 16.2. The maximum absolute atomic E-state index is 12.0. The van der Waals surface area contributed by atoms with E-state index < -0.39 is 0 Å². The Kier molecular flexibility index (Phi) is 3.60. The second kappa shape index (κ2) is 5.15. The molecule has 86 valence electrons. The third-order valence-electron chi connectivity index (χ3n) is 3.22. The minimum atomic E-state index is 0.314. The van der Waals surface area contributed by atoms with E-state index in [2.05, 4.69) is 19.1 Å². The van der Waals surface area contributed by atoms with E-state index in [4.69, 9.17) is 0 Å². The van der Waals surface area contributed by atoms with Gasteiger partial charge in [-0.25, -0.2) is 0 Å². The largest absolute Gasteiger partial charge is 0.338 e. The van der Waals surface area contributed by atoms with Crippen molar-refractivity contribution in [2.75, 3.05) is 6.54 Å². The fourth-order valence-corrected chi connectivity index (χ4v) is 2.26. The van der Waals surface area contributed by atoms with Crippen LogP contribution in [0.5, 0.6) is 0 Å². The first-order chi connectivity index (χ1) is 7.75. The number of rotatable bonds is 2. The standard InChI is InChI=1S/C14H19NO/c1-12-6-5-9-15(14(16)10-12)11-13-7-3-2-4-8-13/h2-4,7-8,12H,5-6,9-11H2,1H3. The average molecular weight is 217 g/mol. The van der Waals surface area contributed by atoms with Gasteiger partial charge in [0.25, 0.3) is 0 Å². The second-order valence-corrected chi connectivity index (χ2v) is 4.75. The fraction of sp³-hybridized carbons (Fsp3) is 0.500. The summed E-state index contributed by atoms with van der Waals surface area (Å²) in [4.78, 5) is 14.0. The van der Waals surface area contributed by atoms with Gasteiger partial charge in [0, 0.05) is 19.5 Å². The van der Waals surface area contributed by atoms with Crippen molar-refractivity contribution in [3.63, 3.8) is 0 Å². The molecule has 1 heterocycles. The van der Waals surface area contributed by atoms with Crippen molar-refractivity contribution < 1.29 is 4.79 Å². The molecule has 0 bridgehead atoms. The summed E-state index contributed by atoms with van der Waals surface area (Å²) in [5.41, 5.74) is 1.23. The van der Waals surface area contributed by atoms with Crippen LogP contribution in [0.25, 0.3) is 0 Å². The molecule has 1 aliphatic heterocycles. The Morgan fingerprint density at radius 3 is 2.81 bits per heavy atom. The van der Waals surface area contributed by atoms with Crippen LogP contribution >= 0.6 is 0 Å². The smallest absolute Gasteiger partial charge is 0.223 e. The minimum absolute atomic E-state index is 0.314. The van der Waals surface area contributed by atoms with Gasteiger partial charge in [-0.15, -0.1) is 0 Å². The predicted molar refractivity (Wildman–Crippen MR) is 64.9 cm³/mol. The van der Waals surface area contributed by atoms with E-state index in [0.29, 0.717) is 18.2 Å². The number of carbonyl (C=O) groups is 1. The van der Waals surface area contributed by atoms with Crippen molar-refractivity contribution in [1.29, 1.82) is 0 Å². The van der Waals surface area contributed by atoms with Gasteiger partial charge in [-0.3, -0.25) is 4.79 Å². The van der Waals surface area contributed by atoms with Gasteiger partial charge in [0.2, 0.25) is 5.91 Å². The van der Waals surface area contributed by atoms with E-state index in [1.165, 1.54) is 12.0 Å². The Balaban J connectivity index is 2.01. The van der Waals surface area contributed by atoms with Crippen molar-refractivity contribution in [2.45, 2.75) is 32.7 Å². The molecule has 2 heteroatoms. The lowest BCUT2D eigenvalue weighted by atomic mass is 10.0. The van der Waals surface area contributed by atoms with E-state index >= 15 is 0 Å². The zero-order valence-corrected chi connectivity index (χ0v) is 9.86. The molecule has 1 saturated heterocycles. The topological polar surface area (TPSA) is 20.3 Å². The van der Waals surface area contributed by atoms with E-state index in [0.717, 1.165) is 19.5 Å². The Morgan fingerprint density at radius 2 is 2.06 bits per heavy atom. The lowest BCUT2D eigenvalue weighted by molar-refractivity contribution is -0.131. The molecule has 2 nitrogen and oxygen atoms in total. The summed E-state index contributed by atoms with van der Waals surface area (Å²) in [6.45, 7) is 3.86. The van der Waals surface area contributed by atoms with Gasteiger partial charge in [-0.2, -0.15) is 0 Å². The predicted octanol–water partition coefficient (Wildman–Crippen LogP) is 2.84. The summed E-state index contributed by atoms with van der Waals surface area (Å²) in [5.74, 6) is 0.863. The molecular formula is C14H19NO. The fourth-order valence-electron chi connectivity index (χ4n) is 2.26. The van der Waals surface area contributed by atoms with Crippen LogP contribution < -0.4 is 0 Å². The van der Waals surface area contributed by atoms with Crippen LogP contribution in [0.15, 0.2) is 30.3 Å². The summed E-state index contributed by atoms with van der Waals surface area (Å²) >= 11 is 0. The van der Waals surface area contributed by atoms with Gasteiger partial charge in [-0.1, -0.05) is 37.3 Å². The highest BCUT2D eigenvalue weighted by Gasteiger charge is 2.20. The number of amides is 1. The molecule has 0 N–H and O–H groups in total. The summed E-state index contributed by atoms with van der Waals surface area (Å²) < 4.78 is 0. The van der Waals surface area contributed by atoms with Crippen LogP contribution in [0.4, 0.5) is 0 Å². The van der Waals surface area contributed by atoms with Gasteiger partial charge in [0.1, 0.15) is 0 Å². The van der Waals surface area contributed by atoms with Gasteiger partial charge < -0.3 is 4.90 Å². The molecule has 1 aromatic rings. The Labute approximate surface area is 97.3 Å². The monoisotopic (exact) mass is 217 g/mol. The molecule has 1 aliphatic rings. The molecule has 1 atom stereocenters. The number of hydrogen-bond donors (Lipinski definition) is 0. The summed E-state index contributed by atoms with van der Waals surface area (Å²) in [6, 6.07) is 10.2. The van der Waals surface area contributed by atoms with Gasteiger partial charge >= 0.3 is 0 Å². The van der Waals surface area contributed by atoms with Crippen LogP contribution in [-0.2, 0) is 11.3 Å². The number of carbonyl (C=O) groups excluding carboxylic acids is 1. The van der Waals surface area contributed by atoms with E-state index in [1.807, 2.05) is 23.1 Å². The normalized spacial score (nSPS) is 21.9. The number of likely N-dealkylation sites (tertiary alicyclic amines) is 1. The quantitative estimate of drug-likeness (QED) is 0.746. The van der Waals surface area contributed by atoms with Crippen molar-refractivity contribution >= 4 is 5.91 Å². The van der Waals surface area contributed by atoms with E-state index in [1.54, 1.807) is 0 Å². The molecule has 0 saturated carbocycles. The van der Waals surface area contributed by atoms with Crippen molar-refractivity contribution in [2.24, 2.45) is 5.92 Å². The summed E-state index contributed by atoms with van der Waals surface area (Å²) in [6.07, 6.45) is 3.03. The molecule has 1 fully saturated rings. The van der Waals surface area contributed by atoms with Crippen molar-refractivity contribution in [3.05, 3.63) is 35.9 Å². The van der Waals surface area contributed by atoms with Crippen molar-refractivity contribution in [1.82, 2.24) is 4.90 Å². The number of hydrogen-bond acceptors (Lipinski definition) is 1. The summed E-state index contributed by atoms with van der Waals surface area (Å²) in [7, 11) is 0. The van der Waals surface area contributed by atoms with Crippen LogP contribution in [0.2, 0.25) is 0 Å². The third kappa shape index (κ3) is 2.84. The zero-order valence-electron chi connectivity index (χ0n) is 9.86. The van der Waals surface area contributed by atoms with Gasteiger partial charge in [0.05, 0.1) is 0 Å². The molecule has 1 aromatic carbocycles. The number of nitrogens with zero attached hydrogens (tertiary/aromatic N) is 1. The number of benzene rings is 1. The lowest BCUT2D eigenvalue weighted by Gasteiger charge is -2.20. The molecule has 0 spiro atoms. The van der Waals surface area contributed by atoms with Crippen LogP contribution in [-0.4, -0.2) is 17.4 Å².